The number of aromatic nitrogens is 3. The molecule has 2 fully saturated rings. The highest BCUT2D eigenvalue weighted by molar-refractivity contribution is 7.89. The van der Waals surface area contributed by atoms with Gasteiger partial charge in [-0.05, 0) is 43.2 Å². The van der Waals surface area contributed by atoms with Gasteiger partial charge in [0.1, 0.15) is 11.6 Å². The van der Waals surface area contributed by atoms with Crippen LogP contribution in [0.15, 0.2) is 47.4 Å². The van der Waals surface area contributed by atoms with E-state index >= 15 is 0 Å². The lowest BCUT2D eigenvalue weighted by molar-refractivity contribution is 0.0730. The van der Waals surface area contributed by atoms with E-state index in [9.17, 15) is 17.6 Å². The second-order valence-electron chi connectivity index (χ2n) is 8.01. The van der Waals surface area contributed by atoms with Crippen LogP contribution in [0, 0.1) is 5.82 Å². The Morgan fingerprint density at radius 2 is 1.94 bits per heavy atom. The molecule has 0 atom stereocenters. The number of aromatic amines is 1. The summed E-state index contributed by atoms with van der Waals surface area (Å²) in [5, 5.41) is 9.81. The van der Waals surface area contributed by atoms with Gasteiger partial charge >= 0.3 is 0 Å². The smallest absolute Gasteiger partial charge is 0.258 e. The zero-order chi connectivity index (χ0) is 23.0. The summed E-state index contributed by atoms with van der Waals surface area (Å²) < 4.78 is 46.7. The molecule has 9 nitrogen and oxygen atoms in total. The second-order valence-corrected chi connectivity index (χ2v) is 9.95. The quantitative estimate of drug-likeness (QED) is 0.571. The minimum absolute atomic E-state index is 0.141. The maximum Gasteiger partial charge on any atom is 0.258 e. The first kappa shape index (κ1) is 21.7. The summed E-state index contributed by atoms with van der Waals surface area (Å²) in [5.41, 5.74) is 0.750. The van der Waals surface area contributed by atoms with E-state index in [2.05, 4.69) is 20.5 Å². The number of amides is 1. The van der Waals surface area contributed by atoms with Crippen molar-refractivity contribution < 1.29 is 22.3 Å². The van der Waals surface area contributed by atoms with Crippen LogP contribution >= 0.6 is 0 Å². The zero-order valence-corrected chi connectivity index (χ0v) is 18.4. The van der Waals surface area contributed by atoms with Gasteiger partial charge in [0.25, 0.3) is 5.91 Å². The van der Waals surface area contributed by atoms with Gasteiger partial charge in [-0.1, -0.05) is 12.1 Å². The van der Waals surface area contributed by atoms with Crippen LogP contribution in [0.4, 0.5) is 10.1 Å². The number of morpholine rings is 1. The molecule has 3 aromatic rings. The third kappa shape index (κ3) is 4.52. The average molecular weight is 472 g/mol. The van der Waals surface area contributed by atoms with Gasteiger partial charge in [-0.25, -0.2) is 17.8 Å². The van der Waals surface area contributed by atoms with E-state index in [-0.39, 0.29) is 36.8 Å². The molecule has 11 heteroatoms. The van der Waals surface area contributed by atoms with Gasteiger partial charge in [-0.15, -0.1) is 0 Å². The standard InChI is InChI=1S/C22H22FN5O4S/c23-19-7-6-17(33(30,31)28-8-10-32-11-9-28)13-18(19)22(29)24-16-3-1-2-15(12-16)21-25-20(26-27-21)14-4-5-14/h1-3,6-7,12-14H,4-5,8-11H2,(H,24,29)(H,25,26,27). The highest BCUT2D eigenvalue weighted by Crippen LogP contribution is 2.38. The molecule has 0 spiro atoms. The maximum absolute atomic E-state index is 14.5. The summed E-state index contributed by atoms with van der Waals surface area (Å²) in [7, 11) is -3.86. The van der Waals surface area contributed by atoms with Crippen molar-refractivity contribution >= 4 is 21.6 Å². The van der Waals surface area contributed by atoms with Crippen molar-refractivity contribution in [3.8, 4) is 11.4 Å². The Hall–Kier alpha value is -3.15. The summed E-state index contributed by atoms with van der Waals surface area (Å²) in [4.78, 5) is 17.2. The van der Waals surface area contributed by atoms with Crippen LogP contribution in [0.2, 0.25) is 0 Å². The Balaban J connectivity index is 1.37. The number of halogens is 1. The first-order chi connectivity index (χ1) is 15.9. The third-order valence-corrected chi connectivity index (χ3v) is 7.53. The average Bonchev–Trinajstić information content (AvgIpc) is 3.56. The molecule has 2 aromatic carbocycles. The lowest BCUT2D eigenvalue weighted by atomic mass is 10.1. The van der Waals surface area contributed by atoms with Crippen molar-refractivity contribution in [1.29, 1.82) is 0 Å². The van der Waals surface area contributed by atoms with Crippen molar-refractivity contribution in [2.75, 3.05) is 31.6 Å². The predicted octanol–water partition coefficient (Wildman–Crippen LogP) is 2.76. The van der Waals surface area contributed by atoms with Gasteiger partial charge in [0.05, 0.1) is 23.7 Å². The molecule has 1 aliphatic heterocycles. The summed E-state index contributed by atoms with van der Waals surface area (Å²) in [6, 6.07) is 10.1. The van der Waals surface area contributed by atoms with E-state index < -0.39 is 21.7 Å². The van der Waals surface area contributed by atoms with Crippen LogP contribution in [0.25, 0.3) is 11.4 Å². The van der Waals surface area contributed by atoms with Crippen LogP contribution in [0.1, 0.15) is 34.9 Å². The lowest BCUT2D eigenvalue weighted by Crippen LogP contribution is -2.40. The number of anilines is 1. The number of H-pyrrole nitrogens is 1. The number of carbonyl (C=O) groups is 1. The van der Waals surface area contributed by atoms with Gasteiger partial charge in [0.2, 0.25) is 10.0 Å². The highest BCUT2D eigenvalue weighted by Gasteiger charge is 2.29. The maximum atomic E-state index is 14.5. The number of sulfonamides is 1. The molecule has 1 aromatic heterocycles. The van der Waals surface area contributed by atoms with E-state index in [1.54, 1.807) is 18.2 Å². The van der Waals surface area contributed by atoms with E-state index in [4.69, 9.17) is 4.74 Å². The van der Waals surface area contributed by atoms with Crippen molar-refractivity contribution in [3.63, 3.8) is 0 Å². The monoisotopic (exact) mass is 471 g/mol. The molecule has 5 rings (SSSR count). The second kappa shape index (κ2) is 8.65. The Morgan fingerprint density at radius 3 is 2.70 bits per heavy atom. The Kier molecular flexibility index (Phi) is 5.69. The van der Waals surface area contributed by atoms with Crippen molar-refractivity contribution in [1.82, 2.24) is 19.5 Å². The predicted molar refractivity (Wildman–Crippen MR) is 118 cm³/mol. The number of nitrogens with one attached hydrogen (secondary N) is 2. The van der Waals surface area contributed by atoms with E-state index in [1.807, 2.05) is 6.07 Å². The molecule has 1 aliphatic carbocycles. The molecular formula is C22H22FN5O4S. The highest BCUT2D eigenvalue weighted by atomic mass is 32.2. The van der Waals surface area contributed by atoms with Gasteiger partial charge in [0, 0.05) is 30.3 Å². The number of benzene rings is 2. The van der Waals surface area contributed by atoms with Crippen LogP contribution in [0.3, 0.4) is 0 Å². The van der Waals surface area contributed by atoms with Crippen LogP contribution < -0.4 is 5.32 Å². The fourth-order valence-electron chi connectivity index (χ4n) is 3.65. The molecule has 0 radical (unpaired) electrons. The minimum atomic E-state index is -3.86. The summed E-state index contributed by atoms with van der Waals surface area (Å²) in [5.74, 6) is 0.223. The van der Waals surface area contributed by atoms with E-state index in [1.165, 1.54) is 4.31 Å². The number of ether oxygens (including phenoxy) is 1. The fraction of sp³-hybridized carbons (Fsp3) is 0.318. The van der Waals surface area contributed by atoms with E-state index in [0.717, 1.165) is 36.9 Å². The molecule has 1 saturated heterocycles. The lowest BCUT2D eigenvalue weighted by Gasteiger charge is -2.26. The molecular weight excluding hydrogens is 449 g/mol. The Labute approximate surface area is 190 Å². The molecule has 1 saturated carbocycles. The molecule has 0 bridgehead atoms. The summed E-state index contributed by atoms with van der Waals surface area (Å²) in [6.07, 6.45) is 2.19. The Bertz CT molecular complexity index is 1300. The van der Waals surface area contributed by atoms with Gasteiger partial charge in [0.15, 0.2) is 5.82 Å². The van der Waals surface area contributed by atoms with Gasteiger partial charge in [-0.3, -0.25) is 9.89 Å². The van der Waals surface area contributed by atoms with Gasteiger partial charge < -0.3 is 10.1 Å². The first-order valence-electron chi connectivity index (χ1n) is 10.6. The Morgan fingerprint density at radius 1 is 1.15 bits per heavy atom. The molecule has 172 valence electrons. The summed E-state index contributed by atoms with van der Waals surface area (Å²) in [6.45, 7) is 0.990. The van der Waals surface area contributed by atoms with Crippen molar-refractivity contribution in [2.24, 2.45) is 0 Å². The molecule has 2 heterocycles. The summed E-state index contributed by atoms with van der Waals surface area (Å²) >= 11 is 0. The zero-order valence-electron chi connectivity index (χ0n) is 17.6. The SMILES string of the molecule is O=C(Nc1cccc(-c2n[nH]c(C3CC3)n2)c1)c1cc(S(=O)(=O)N2CCOCC2)ccc1F. The van der Waals surface area contributed by atoms with Crippen LogP contribution in [-0.4, -0.2) is 60.1 Å². The number of hydrogen-bond donors (Lipinski definition) is 2. The fourth-order valence-corrected chi connectivity index (χ4v) is 5.09. The molecule has 2 aliphatic rings. The minimum Gasteiger partial charge on any atom is -0.379 e. The normalized spacial score (nSPS) is 17.1. The molecule has 0 unspecified atom stereocenters. The molecule has 2 N–H and O–H groups in total. The molecule has 1 amide bonds. The van der Waals surface area contributed by atoms with Gasteiger partial charge in [-0.2, -0.15) is 9.40 Å². The van der Waals surface area contributed by atoms with Crippen LogP contribution in [-0.2, 0) is 14.8 Å². The first-order valence-corrected chi connectivity index (χ1v) is 12.1. The number of hydrogen-bond acceptors (Lipinski definition) is 6. The molecule has 33 heavy (non-hydrogen) atoms. The third-order valence-electron chi connectivity index (χ3n) is 5.64. The van der Waals surface area contributed by atoms with Crippen molar-refractivity contribution in [2.45, 2.75) is 23.7 Å². The van der Waals surface area contributed by atoms with Crippen molar-refractivity contribution in [3.05, 3.63) is 59.7 Å². The topological polar surface area (TPSA) is 117 Å². The largest absolute Gasteiger partial charge is 0.379 e. The number of nitrogens with zero attached hydrogens (tertiary/aromatic N) is 3. The van der Waals surface area contributed by atoms with Crippen LogP contribution in [0.5, 0.6) is 0 Å². The van der Waals surface area contributed by atoms with E-state index in [0.29, 0.717) is 23.0 Å². The number of rotatable bonds is 6. The number of carbonyl (C=O) groups excluding carboxylic acids is 1.